The monoisotopic (exact) mass is 397 g/mol. The second-order valence-corrected chi connectivity index (χ2v) is 6.53. The normalized spacial score (nSPS) is 10.8. The number of thiazole rings is 1. The lowest BCUT2D eigenvalue weighted by Crippen LogP contribution is -2.05. The molecule has 0 fully saturated rings. The Bertz CT molecular complexity index is 1050. The Morgan fingerprint density at radius 1 is 1.29 bits per heavy atom. The maximum atomic E-state index is 11.1. The van der Waals surface area contributed by atoms with Crippen molar-refractivity contribution in [2.45, 2.75) is 6.92 Å². The summed E-state index contributed by atoms with van der Waals surface area (Å²) < 4.78 is 0. The zero-order valence-electron chi connectivity index (χ0n) is 14.6. The molecule has 3 rings (SSSR count). The van der Waals surface area contributed by atoms with E-state index in [4.69, 9.17) is 0 Å². The van der Waals surface area contributed by atoms with Crippen molar-refractivity contribution in [3.63, 3.8) is 0 Å². The molecule has 1 aromatic heterocycles. The van der Waals surface area contributed by atoms with Crippen LogP contribution in [-0.4, -0.2) is 27.1 Å². The van der Waals surface area contributed by atoms with E-state index in [1.54, 1.807) is 12.1 Å². The van der Waals surface area contributed by atoms with Crippen molar-refractivity contribution in [2.24, 2.45) is 5.10 Å². The summed E-state index contributed by atoms with van der Waals surface area (Å²) in [5.74, 6) is -0.533. The van der Waals surface area contributed by atoms with E-state index >= 15 is 0 Å². The fourth-order valence-corrected chi connectivity index (χ4v) is 2.98. The molecule has 2 aromatic carbocycles. The lowest BCUT2D eigenvalue weighted by atomic mass is 10.1. The molecule has 0 spiro atoms. The first kappa shape index (κ1) is 19.0. The number of nitrogens with one attached hydrogen (secondary N) is 2. The molecule has 0 aliphatic carbocycles. The average molecular weight is 397 g/mol. The maximum Gasteiger partial charge on any atom is 0.311 e. The number of aromatic hydroxyl groups is 1. The highest BCUT2D eigenvalue weighted by atomic mass is 32.1. The number of rotatable bonds is 6. The molecule has 0 aliphatic heterocycles. The van der Waals surface area contributed by atoms with E-state index in [2.05, 4.69) is 20.8 Å². The van der Waals surface area contributed by atoms with Crippen LogP contribution < -0.4 is 10.7 Å². The number of benzene rings is 2. The summed E-state index contributed by atoms with van der Waals surface area (Å²) in [5, 5.41) is 29.4. The molecule has 0 bridgehead atoms. The first-order valence-electron chi connectivity index (χ1n) is 8.02. The summed E-state index contributed by atoms with van der Waals surface area (Å²) in [6, 6.07) is 11.3. The van der Waals surface area contributed by atoms with Gasteiger partial charge in [-0.25, -0.2) is 4.98 Å². The topological polar surface area (TPSA) is 130 Å². The summed E-state index contributed by atoms with van der Waals surface area (Å²) in [7, 11) is 0. The van der Waals surface area contributed by atoms with E-state index in [1.165, 1.54) is 42.7 Å². The molecule has 1 heterocycles. The molecule has 9 nitrogen and oxygen atoms in total. The van der Waals surface area contributed by atoms with Gasteiger partial charge in [-0.2, -0.15) is 5.10 Å². The van der Waals surface area contributed by atoms with E-state index in [-0.39, 0.29) is 11.6 Å². The Kier molecular flexibility index (Phi) is 5.61. The smallest absolute Gasteiger partial charge is 0.311 e. The van der Waals surface area contributed by atoms with Crippen LogP contribution in [0, 0.1) is 10.1 Å². The number of anilines is 2. The molecule has 3 aromatic rings. The van der Waals surface area contributed by atoms with Crippen LogP contribution in [0.4, 0.5) is 16.5 Å². The van der Waals surface area contributed by atoms with Crippen LogP contribution in [0.15, 0.2) is 52.9 Å². The van der Waals surface area contributed by atoms with Gasteiger partial charge in [-0.1, -0.05) is 12.1 Å². The molecule has 28 heavy (non-hydrogen) atoms. The Labute approximate surface area is 163 Å². The van der Waals surface area contributed by atoms with Gasteiger partial charge < -0.3 is 10.4 Å². The standard InChI is InChI=1S/C18H15N5O4S/c1-11(24)20-14-5-3-13(4-6-14)15-10-28-18(21-15)22-19-9-12-2-7-17(25)16(8-12)23(26)27/h2-10,25H,1H3,(H,20,24)(H,21,22)/b19-9-. The van der Waals surface area contributed by atoms with Gasteiger partial charge in [0.05, 0.1) is 16.8 Å². The maximum absolute atomic E-state index is 11.1. The molecule has 0 saturated heterocycles. The van der Waals surface area contributed by atoms with Crippen molar-refractivity contribution < 1.29 is 14.8 Å². The number of nitrogens with zero attached hydrogens (tertiary/aromatic N) is 3. The van der Waals surface area contributed by atoms with Crippen molar-refractivity contribution in [1.82, 2.24) is 4.98 Å². The van der Waals surface area contributed by atoms with E-state index in [0.29, 0.717) is 16.4 Å². The number of phenolic OH excluding ortho intramolecular Hbond substituents is 1. The van der Waals surface area contributed by atoms with Gasteiger partial charge in [0.15, 0.2) is 5.75 Å². The minimum absolute atomic E-state index is 0.135. The third-order valence-corrected chi connectivity index (χ3v) is 4.32. The van der Waals surface area contributed by atoms with Gasteiger partial charge in [0.2, 0.25) is 11.0 Å². The Hall–Kier alpha value is -3.79. The molecule has 1 amide bonds. The predicted molar refractivity (Wildman–Crippen MR) is 108 cm³/mol. The fraction of sp³-hybridized carbons (Fsp3) is 0.0556. The number of carbonyl (C=O) groups is 1. The first-order valence-corrected chi connectivity index (χ1v) is 8.90. The molecule has 0 saturated carbocycles. The van der Waals surface area contributed by atoms with E-state index < -0.39 is 10.7 Å². The number of nitro benzene ring substituents is 1. The van der Waals surface area contributed by atoms with E-state index in [1.807, 2.05) is 17.5 Å². The van der Waals surface area contributed by atoms with Gasteiger partial charge in [0, 0.05) is 35.2 Å². The highest BCUT2D eigenvalue weighted by Gasteiger charge is 2.12. The van der Waals surface area contributed by atoms with Gasteiger partial charge in [-0.3, -0.25) is 20.3 Å². The summed E-state index contributed by atoms with van der Waals surface area (Å²) in [4.78, 5) is 25.6. The summed E-state index contributed by atoms with van der Waals surface area (Å²) >= 11 is 1.35. The van der Waals surface area contributed by atoms with Crippen molar-refractivity contribution in [1.29, 1.82) is 0 Å². The fourth-order valence-electron chi connectivity index (χ4n) is 2.31. The number of hydrogen-bond donors (Lipinski definition) is 3. The first-order chi connectivity index (χ1) is 13.4. The molecule has 3 N–H and O–H groups in total. The second kappa shape index (κ2) is 8.27. The number of aromatic nitrogens is 1. The van der Waals surface area contributed by atoms with Crippen LogP contribution in [0.5, 0.6) is 5.75 Å². The molecule has 0 aliphatic rings. The zero-order valence-corrected chi connectivity index (χ0v) is 15.4. The Morgan fingerprint density at radius 2 is 2.04 bits per heavy atom. The van der Waals surface area contributed by atoms with Gasteiger partial charge >= 0.3 is 5.69 Å². The van der Waals surface area contributed by atoms with Crippen molar-refractivity contribution in [3.8, 4) is 17.0 Å². The van der Waals surface area contributed by atoms with Crippen LogP contribution in [0.2, 0.25) is 0 Å². The minimum atomic E-state index is -0.662. The van der Waals surface area contributed by atoms with Crippen LogP contribution in [-0.2, 0) is 4.79 Å². The molecular weight excluding hydrogens is 382 g/mol. The molecule has 142 valence electrons. The zero-order chi connectivity index (χ0) is 20.1. The highest BCUT2D eigenvalue weighted by molar-refractivity contribution is 7.14. The van der Waals surface area contributed by atoms with Gasteiger partial charge in [0.1, 0.15) is 0 Å². The van der Waals surface area contributed by atoms with Gasteiger partial charge in [-0.05, 0) is 24.3 Å². The number of hydrazone groups is 1. The molecule has 10 heteroatoms. The molecule has 0 atom stereocenters. The average Bonchev–Trinajstić information content (AvgIpc) is 3.12. The number of carbonyl (C=O) groups excluding carboxylic acids is 1. The van der Waals surface area contributed by atoms with E-state index in [9.17, 15) is 20.0 Å². The van der Waals surface area contributed by atoms with Crippen LogP contribution in [0.25, 0.3) is 11.3 Å². The SMILES string of the molecule is CC(=O)Nc1ccc(-c2csc(N/N=C\c3ccc(O)c([N+](=O)[O-])c3)n2)cc1. The van der Waals surface area contributed by atoms with Crippen LogP contribution >= 0.6 is 11.3 Å². The quantitative estimate of drug-likeness (QED) is 0.329. The number of amides is 1. The summed E-state index contributed by atoms with van der Waals surface area (Å²) in [6.07, 6.45) is 1.40. The lowest BCUT2D eigenvalue weighted by Gasteiger charge is -2.02. The van der Waals surface area contributed by atoms with Crippen LogP contribution in [0.3, 0.4) is 0 Å². The van der Waals surface area contributed by atoms with E-state index in [0.717, 1.165) is 11.3 Å². The largest absolute Gasteiger partial charge is 0.502 e. The predicted octanol–water partition coefficient (Wildman–Crippen LogP) is 3.83. The van der Waals surface area contributed by atoms with Gasteiger partial charge in [-0.15, -0.1) is 11.3 Å². The lowest BCUT2D eigenvalue weighted by molar-refractivity contribution is -0.385. The highest BCUT2D eigenvalue weighted by Crippen LogP contribution is 2.27. The van der Waals surface area contributed by atoms with Crippen molar-refractivity contribution >= 4 is 40.0 Å². The third kappa shape index (κ3) is 4.68. The second-order valence-electron chi connectivity index (χ2n) is 5.67. The molecule has 0 radical (unpaired) electrons. The molecular formula is C18H15N5O4S. The Balaban J connectivity index is 1.66. The van der Waals surface area contributed by atoms with Crippen LogP contribution in [0.1, 0.15) is 12.5 Å². The Morgan fingerprint density at radius 3 is 2.71 bits per heavy atom. The molecule has 0 unspecified atom stereocenters. The van der Waals surface area contributed by atoms with Crippen molar-refractivity contribution in [2.75, 3.05) is 10.7 Å². The third-order valence-electron chi connectivity index (χ3n) is 3.58. The number of nitro groups is 1. The van der Waals surface area contributed by atoms with Gasteiger partial charge in [0.25, 0.3) is 0 Å². The summed E-state index contributed by atoms with van der Waals surface area (Å²) in [5.41, 5.74) is 5.19. The van der Waals surface area contributed by atoms with Crippen molar-refractivity contribution in [3.05, 3.63) is 63.5 Å². The summed E-state index contributed by atoms with van der Waals surface area (Å²) in [6.45, 7) is 1.45. The number of phenols is 1. The number of hydrogen-bond acceptors (Lipinski definition) is 8. The minimum Gasteiger partial charge on any atom is -0.502 e.